The van der Waals surface area contributed by atoms with Crippen molar-refractivity contribution in [3.8, 4) is 23.3 Å². The van der Waals surface area contributed by atoms with Crippen LogP contribution in [-0.4, -0.2) is 12.6 Å². The lowest BCUT2D eigenvalue weighted by Crippen LogP contribution is -2.21. The van der Waals surface area contributed by atoms with E-state index < -0.39 is 11.9 Å². The van der Waals surface area contributed by atoms with Gasteiger partial charge in [0, 0.05) is 28.1 Å². The maximum absolute atomic E-state index is 12.9. The van der Waals surface area contributed by atoms with E-state index in [2.05, 4.69) is 6.07 Å². The summed E-state index contributed by atoms with van der Waals surface area (Å²) in [5.74, 6) is 0.366. The van der Waals surface area contributed by atoms with E-state index in [0.717, 1.165) is 17.4 Å². The minimum atomic E-state index is -0.615. The van der Waals surface area contributed by atoms with Crippen LogP contribution in [0.4, 0.5) is 0 Å². The molecule has 0 spiro atoms. The second kappa shape index (κ2) is 9.51. The number of nitrogens with zero attached hydrogens (tertiary/aromatic N) is 1. The Bertz CT molecular complexity index is 1540. The summed E-state index contributed by atoms with van der Waals surface area (Å²) >= 11 is 0. The predicted octanol–water partition coefficient (Wildman–Crippen LogP) is 5.97. The summed E-state index contributed by atoms with van der Waals surface area (Å²) in [4.78, 5) is 12.9. The molecule has 1 aromatic heterocycles. The first-order valence-corrected chi connectivity index (χ1v) is 11.6. The van der Waals surface area contributed by atoms with E-state index in [0.29, 0.717) is 34.8 Å². The van der Waals surface area contributed by atoms with Gasteiger partial charge in [0.1, 0.15) is 34.5 Å². The minimum absolute atomic E-state index is 0.00287. The fourth-order valence-electron chi connectivity index (χ4n) is 4.40. The number of hydrogen-bond acceptors (Lipinski definition) is 7. The number of carbonyl (C=O) groups is 1. The predicted molar refractivity (Wildman–Crippen MR) is 134 cm³/mol. The van der Waals surface area contributed by atoms with E-state index in [9.17, 15) is 10.1 Å². The van der Waals surface area contributed by atoms with E-state index in [-0.39, 0.29) is 23.0 Å². The lowest BCUT2D eigenvalue weighted by molar-refractivity contribution is 0.0702. The topological polar surface area (TPSA) is 108 Å². The molecule has 0 fully saturated rings. The molecule has 1 aliphatic rings. The largest absolute Gasteiger partial charge is 0.493 e. The van der Waals surface area contributed by atoms with Crippen LogP contribution in [0.2, 0.25) is 0 Å². The Kier molecular flexibility index (Phi) is 6.09. The van der Waals surface area contributed by atoms with Gasteiger partial charge in [-0.15, -0.1) is 0 Å². The van der Waals surface area contributed by atoms with Crippen LogP contribution >= 0.6 is 0 Å². The number of esters is 1. The number of hydrogen-bond donors (Lipinski definition) is 1. The van der Waals surface area contributed by atoms with Crippen LogP contribution in [0, 0.1) is 18.3 Å². The lowest BCUT2D eigenvalue weighted by Gasteiger charge is -2.28. The van der Waals surface area contributed by atoms with Gasteiger partial charge in [-0.25, -0.2) is 4.79 Å². The van der Waals surface area contributed by atoms with Crippen LogP contribution in [0.3, 0.4) is 0 Å². The van der Waals surface area contributed by atoms with Crippen molar-refractivity contribution in [2.24, 2.45) is 5.73 Å². The van der Waals surface area contributed by atoms with Crippen molar-refractivity contribution in [3.05, 3.63) is 101 Å². The molecular weight excluding hydrogens is 456 g/mol. The summed E-state index contributed by atoms with van der Waals surface area (Å²) in [6.07, 6.45) is 0.848. The van der Waals surface area contributed by atoms with Crippen LogP contribution in [-0.2, 0) is 0 Å². The molecule has 2 N–H and O–H groups in total. The van der Waals surface area contributed by atoms with Crippen molar-refractivity contribution in [3.63, 3.8) is 0 Å². The van der Waals surface area contributed by atoms with Gasteiger partial charge in [-0.2, -0.15) is 5.26 Å². The van der Waals surface area contributed by atoms with Gasteiger partial charge in [-0.1, -0.05) is 49.4 Å². The van der Waals surface area contributed by atoms with Gasteiger partial charge in [-0.3, -0.25) is 0 Å². The number of allylic oxidation sites excluding steroid dienone is 1. The Balaban J connectivity index is 1.50. The highest BCUT2D eigenvalue weighted by Gasteiger charge is 2.33. The molecule has 7 nitrogen and oxygen atoms in total. The molecule has 36 heavy (non-hydrogen) atoms. The third-order valence-electron chi connectivity index (χ3n) is 6.12. The number of fused-ring (bicyclic) bond motifs is 2. The van der Waals surface area contributed by atoms with Gasteiger partial charge in [0.2, 0.25) is 11.6 Å². The van der Waals surface area contributed by atoms with Crippen molar-refractivity contribution in [2.45, 2.75) is 26.2 Å². The molecule has 2 heterocycles. The Morgan fingerprint density at radius 1 is 1.08 bits per heavy atom. The third-order valence-corrected chi connectivity index (χ3v) is 6.12. The maximum Gasteiger partial charge on any atom is 0.379 e. The van der Waals surface area contributed by atoms with Crippen molar-refractivity contribution in [1.29, 1.82) is 5.26 Å². The van der Waals surface area contributed by atoms with Crippen LogP contribution < -0.4 is 19.9 Å². The highest BCUT2D eigenvalue weighted by Crippen LogP contribution is 2.46. The summed E-state index contributed by atoms with van der Waals surface area (Å²) in [5, 5.41) is 10.7. The second-order valence-electron chi connectivity index (χ2n) is 8.45. The fourth-order valence-corrected chi connectivity index (χ4v) is 4.40. The second-order valence-corrected chi connectivity index (χ2v) is 8.45. The molecule has 5 rings (SSSR count). The Labute approximate surface area is 208 Å². The molecule has 0 saturated carbocycles. The zero-order chi connectivity index (χ0) is 25.2. The van der Waals surface area contributed by atoms with E-state index in [1.165, 1.54) is 0 Å². The molecule has 0 amide bonds. The average molecular weight is 481 g/mol. The highest BCUT2D eigenvalue weighted by atomic mass is 16.5. The van der Waals surface area contributed by atoms with Crippen LogP contribution in [0.1, 0.15) is 46.5 Å². The van der Waals surface area contributed by atoms with E-state index in [1.807, 2.05) is 56.3 Å². The van der Waals surface area contributed by atoms with E-state index in [1.54, 1.807) is 24.3 Å². The monoisotopic (exact) mass is 480 g/mol. The number of rotatable bonds is 6. The van der Waals surface area contributed by atoms with E-state index >= 15 is 0 Å². The normalized spacial score (nSPS) is 14.6. The first-order chi connectivity index (χ1) is 17.5. The van der Waals surface area contributed by atoms with Gasteiger partial charge in [0.25, 0.3) is 0 Å². The summed E-state index contributed by atoms with van der Waals surface area (Å²) in [6, 6.07) is 22.2. The molecule has 0 aliphatic carbocycles. The number of ether oxygens (including phenoxy) is 3. The molecule has 0 bridgehead atoms. The first-order valence-electron chi connectivity index (χ1n) is 11.6. The molecule has 3 aromatic carbocycles. The highest BCUT2D eigenvalue weighted by molar-refractivity contribution is 5.96. The van der Waals surface area contributed by atoms with Crippen molar-refractivity contribution in [1.82, 2.24) is 0 Å². The van der Waals surface area contributed by atoms with Crippen molar-refractivity contribution in [2.75, 3.05) is 6.61 Å². The summed E-state index contributed by atoms with van der Waals surface area (Å²) in [5.41, 5.74) is 9.29. The average Bonchev–Trinajstić information content (AvgIpc) is 3.23. The maximum atomic E-state index is 12.9. The number of aryl methyl sites for hydroxylation is 1. The smallest absolute Gasteiger partial charge is 0.379 e. The summed E-state index contributed by atoms with van der Waals surface area (Å²) < 4.78 is 23.1. The van der Waals surface area contributed by atoms with Crippen LogP contribution in [0.15, 0.2) is 82.6 Å². The minimum Gasteiger partial charge on any atom is -0.493 e. The molecule has 1 aliphatic heterocycles. The Hall–Kier alpha value is -4.70. The van der Waals surface area contributed by atoms with Gasteiger partial charge < -0.3 is 24.4 Å². The van der Waals surface area contributed by atoms with Crippen molar-refractivity contribution >= 4 is 16.9 Å². The zero-order valence-corrected chi connectivity index (χ0v) is 19.9. The number of nitriles is 1. The fraction of sp³-hybridized carbons (Fsp3) is 0.172. The molecular formula is C29H24N2O5. The first kappa shape index (κ1) is 23.1. The molecule has 0 radical (unpaired) electrons. The number of furan rings is 1. The summed E-state index contributed by atoms with van der Waals surface area (Å²) in [6.45, 7) is 4.39. The lowest BCUT2D eigenvalue weighted by atomic mass is 9.83. The molecule has 180 valence electrons. The summed E-state index contributed by atoms with van der Waals surface area (Å²) in [7, 11) is 0. The molecule has 7 heteroatoms. The third kappa shape index (κ3) is 4.03. The van der Waals surface area contributed by atoms with Crippen LogP contribution in [0.5, 0.6) is 17.2 Å². The van der Waals surface area contributed by atoms with E-state index in [4.69, 9.17) is 24.4 Å². The molecule has 0 saturated heterocycles. The Morgan fingerprint density at radius 2 is 1.86 bits per heavy atom. The van der Waals surface area contributed by atoms with Crippen molar-refractivity contribution < 1.29 is 23.4 Å². The SMILES string of the molecule is CCCOc1ccccc1C1C(C#N)=C(N)Oc2cc(OC(=O)c3oc4ccccc4c3C)ccc21. The number of para-hydroxylation sites is 2. The number of nitrogens with two attached hydrogens (primary N) is 1. The quantitative estimate of drug-likeness (QED) is 0.268. The van der Waals surface area contributed by atoms with Crippen LogP contribution in [0.25, 0.3) is 11.0 Å². The van der Waals surface area contributed by atoms with Gasteiger partial charge >= 0.3 is 5.97 Å². The standard InChI is InChI=1S/C29H24N2O5/c1-3-14-33-23-10-6-5-9-20(23)26-21-13-12-18(15-25(21)36-28(31)22(26)16-30)34-29(32)27-17(2)19-8-4-7-11-24(19)35-27/h4-13,15,26H,3,14,31H2,1-2H3. The Morgan fingerprint density at radius 3 is 2.64 bits per heavy atom. The molecule has 1 unspecified atom stereocenters. The molecule has 4 aromatic rings. The number of benzene rings is 3. The zero-order valence-electron chi connectivity index (χ0n) is 19.9. The number of carbonyl (C=O) groups excluding carboxylic acids is 1. The van der Waals surface area contributed by atoms with Gasteiger partial charge in [0.15, 0.2) is 0 Å². The van der Waals surface area contributed by atoms with Gasteiger partial charge in [-0.05, 0) is 31.5 Å². The molecule has 1 atom stereocenters. The van der Waals surface area contributed by atoms with Gasteiger partial charge in [0.05, 0.1) is 12.5 Å².